The van der Waals surface area contributed by atoms with Crippen LogP contribution in [0.4, 0.5) is 0 Å². The molecule has 2 aliphatic heterocycles. The van der Waals surface area contributed by atoms with Gasteiger partial charge in [0.2, 0.25) is 5.91 Å². The summed E-state index contributed by atoms with van der Waals surface area (Å²) in [6, 6.07) is 8.98. The van der Waals surface area contributed by atoms with Crippen LogP contribution in [0.5, 0.6) is 0 Å². The van der Waals surface area contributed by atoms with Crippen LogP contribution in [0.25, 0.3) is 11.0 Å². The van der Waals surface area contributed by atoms with Crippen molar-refractivity contribution in [3.63, 3.8) is 0 Å². The quantitative estimate of drug-likeness (QED) is 0.825. The average Bonchev–Trinajstić information content (AvgIpc) is 3.47. The molecule has 2 aromatic rings. The topological polar surface area (TPSA) is 116 Å². The molecule has 1 saturated carbocycles. The van der Waals surface area contributed by atoms with Crippen molar-refractivity contribution >= 4 is 22.8 Å². The van der Waals surface area contributed by atoms with Gasteiger partial charge in [0.25, 0.3) is 5.91 Å². The number of carbonyl (C=O) groups excluding carboxylic acids is 2. The van der Waals surface area contributed by atoms with E-state index in [9.17, 15) is 14.9 Å². The predicted octanol–water partition coefficient (Wildman–Crippen LogP) is 1.32. The van der Waals surface area contributed by atoms with Gasteiger partial charge in [-0.25, -0.2) is 4.98 Å². The number of amides is 2. The van der Waals surface area contributed by atoms with Gasteiger partial charge in [0.15, 0.2) is 0 Å². The fraction of sp³-hybridized carbons (Fsp3) is 0.500. The summed E-state index contributed by atoms with van der Waals surface area (Å²) in [6.45, 7) is 1.07. The van der Waals surface area contributed by atoms with Gasteiger partial charge >= 0.3 is 0 Å². The van der Waals surface area contributed by atoms with Crippen molar-refractivity contribution in [1.82, 2.24) is 19.8 Å². The van der Waals surface area contributed by atoms with Crippen molar-refractivity contribution in [2.45, 2.75) is 43.8 Å². The van der Waals surface area contributed by atoms with Gasteiger partial charge in [0.05, 0.1) is 29.3 Å². The summed E-state index contributed by atoms with van der Waals surface area (Å²) in [4.78, 5) is 38.1. The molecule has 2 N–H and O–H groups in total. The average molecular weight is 404 g/mol. The molecule has 0 spiro atoms. The van der Waals surface area contributed by atoms with E-state index in [0.717, 1.165) is 18.4 Å². The standard InChI is InChI=1S/C22H24N6O2/c23-11-15-9-14-10-19(14)28(15)22(30)20(24)13-5-7-27(8-6-13)21(29)18-12-25-16-3-1-2-4-17(16)26-18/h1-4,12-15,19-20H,5-10,24H2/t14-,15+,19+,20+/m1/s1. The van der Waals surface area contributed by atoms with E-state index in [1.807, 2.05) is 24.3 Å². The van der Waals surface area contributed by atoms with Crippen molar-refractivity contribution in [3.8, 4) is 6.07 Å². The molecular weight excluding hydrogens is 380 g/mol. The van der Waals surface area contributed by atoms with Crippen LogP contribution in [-0.4, -0.2) is 62.8 Å². The number of rotatable bonds is 3. The number of hydrogen-bond donors (Lipinski definition) is 1. The normalized spacial score (nSPS) is 26.9. The minimum absolute atomic E-state index is 0.0152. The number of nitrogens with two attached hydrogens (primary N) is 1. The smallest absolute Gasteiger partial charge is 0.274 e. The van der Waals surface area contributed by atoms with Crippen LogP contribution in [0, 0.1) is 23.2 Å². The Labute approximate surface area is 174 Å². The van der Waals surface area contributed by atoms with Crippen molar-refractivity contribution in [2.75, 3.05) is 13.1 Å². The third-order valence-electron chi connectivity index (χ3n) is 6.80. The minimum atomic E-state index is -0.613. The maximum atomic E-state index is 13.0. The highest BCUT2D eigenvalue weighted by Gasteiger charge is 2.55. The number of para-hydroxylation sites is 2. The molecule has 3 heterocycles. The molecule has 1 aromatic carbocycles. The van der Waals surface area contributed by atoms with Crippen LogP contribution in [0.1, 0.15) is 36.2 Å². The Balaban J connectivity index is 1.22. The molecule has 8 nitrogen and oxygen atoms in total. The number of hydrogen-bond acceptors (Lipinski definition) is 6. The largest absolute Gasteiger partial charge is 0.337 e. The molecule has 1 aliphatic carbocycles. The summed E-state index contributed by atoms with van der Waals surface area (Å²) < 4.78 is 0. The summed E-state index contributed by atoms with van der Waals surface area (Å²) >= 11 is 0. The summed E-state index contributed by atoms with van der Waals surface area (Å²) in [7, 11) is 0. The van der Waals surface area contributed by atoms with Crippen molar-refractivity contribution in [2.24, 2.45) is 17.6 Å². The Bertz CT molecular complexity index is 1040. The maximum absolute atomic E-state index is 13.0. The lowest BCUT2D eigenvalue weighted by Gasteiger charge is -2.36. The molecule has 8 heteroatoms. The highest BCUT2D eigenvalue weighted by molar-refractivity contribution is 5.94. The number of nitrogens with zero attached hydrogens (tertiary/aromatic N) is 5. The first kappa shape index (κ1) is 18.9. The second kappa shape index (κ2) is 7.33. The van der Waals surface area contributed by atoms with E-state index in [4.69, 9.17) is 5.73 Å². The first-order valence-electron chi connectivity index (χ1n) is 10.5. The van der Waals surface area contributed by atoms with Crippen LogP contribution in [-0.2, 0) is 4.79 Å². The Morgan fingerprint density at radius 3 is 2.63 bits per heavy atom. The molecule has 154 valence electrons. The number of fused-ring (bicyclic) bond motifs is 2. The Morgan fingerprint density at radius 1 is 1.17 bits per heavy atom. The zero-order valence-corrected chi connectivity index (χ0v) is 16.6. The summed E-state index contributed by atoms with van der Waals surface area (Å²) in [5.74, 6) is 0.253. The molecular formula is C22H24N6O2. The van der Waals surface area contributed by atoms with Gasteiger partial charge in [-0.15, -0.1) is 0 Å². The molecule has 2 amide bonds. The van der Waals surface area contributed by atoms with E-state index in [0.29, 0.717) is 43.1 Å². The fourth-order valence-electron chi connectivity index (χ4n) is 4.95. The molecule has 0 radical (unpaired) electrons. The van der Waals surface area contributed by atoms with Crippen LogP contribution in [0.2, 0.25) is 0 Å². The zero-order chi connectivity index (χ0) is 20.8. The van der Waals surface area contributed by atoms with Gasteiger partial charge in [-0.3, -0.25) is 14.6 Å². The van der Waals surface area contributed by atoms with E-state index in [-0.39, 0.29) is 29.8 Å². The lowest BCUT2D eigenvalue weighted by molar-refractivity contribution is -0.135. The first-order chi connectivity index (χ1) is 14.6. The fourth-order valence-corrected chi connectivity index (χ4v) is 4.95. The third kappa shape index (κ3) is 3.19. The highest BCUT2D eigenvalue weighted by atomic mass is 16.2. The van der Waals surface area contributed by atoms with Gasteiger partial charge in [-0.2, -0.15) is 5.26 Å². The van der Waals surface area contributed by atoms with Gasteiger partial charge in [0, 0.05) is 19.1 Å². The number of aromatic nitrogens is 2. The lowest BCUT2D eigenvalue weighted by Crippen LogP contribution is -2.53. The van der Waals surface area contributed by atoms with Gasteiger partial charge in [-0.05, 0) is 49.7 Å². The van der Waals surface area contributed by atoms with Gasteiger partial charge in [-0.1, -0.05) is 12.1 Å². The molecule has 30 heavy (non-hydrogen) atoms. The molecule has 0 unspecified atom stereocenters. The van der Waals surface area contributed by atoms with E-state index in [1.54, 1.807) is 9.80 Å². The Morgan fingerprint density at radius 2 is 1.90 bits per heavy atom. The number of carbonyl (C=O) groups is 2. The number of piperidine rings is 2. The second-order valence-corrected chi connectivity index (χ2v) is 8.59. The Hall–Kier alpha value is -3.05. The van der Waals surface area contributed by atoms with Crippen LogP contribution in [0.15, 0.2) is 30.5 Å². The SMILES string of the molecule is N#C[C@@H]1C[C@@H]2C[C@@H]2N1C(=O)[C@@H](N)C1CCN(C(=O)c2cnc3ccccc3n2)CC1. The van der Waals surface area contributed by atoms with Crippen molar-refractivity contribution < 1.29 is 9.59 Å². The van der Waals surface area contributed by atoms with Crippen LogP contribution in [0.3, 0.4) is 0 Å². The summed E-state index contributed by atoms with van der Waals surface area (Å²) in [5, 5.41) is 9.35. The number of likely N-dealkylation sites (tertiary alicyclic amines) is 2. The van der Waals surface area contributed by atoms with E-state index in [2.05, 4.69) is 16.0 Å². The van der Waals surface area contributed by atoms with Gasteiger partial charge in [0.1, 0.15) is 11.7 Å². The molecule has 3 fully saturated rings. The molecule has 3 aliphatic rings. The zero-order valence-electron chi connectivity index (χ0n) is 16.6. The lowest BCUT2D eigenvalue weighted by atomic mass is 9.88. The highest BCUT2D eigenvalue weighted by Crippen LogP contribution is 2.48. The summed E-state index contributed by atoms with van der Waals surface area (Å²) in [6.07, 6.45) is 4.63. The molecule has 5 rings (SSSR count). The van der Waals surface area contributed by atoms with Crippen molar-refractivity contribution in [3.05, 3.63) is 36.2 Å². The summed E-state index contributed by atoms with van der Waals surface area (Å²) in [5.41, 5.74) is 8.13. The predicted molar refractivity (Wildman–Crippen MR) is 109 cm³/mol. The number of benzene rings is 1. The molecule has 1 aromatic heterocycles. The second-order valence-electron chi connectivity index (χ2n) is 8.59. The molecule has 4 atom stereocenters. The minimum Gasteiger partial charge on any atom is -0.337 e. The van der Waals surface area contributed by atoms with Crippen LogP contribution < -0.4 is 5.73 Å². The van der Waals surface area contributed by atoms with Crippen LogP contribution >= 0.6 is 0 Å². The van der Waals surface area contributed by atoms with Gasteiger partial charge < -0.3 is 15.5 Å². The first-order valence-corrected chi connectivity index (χ1v) is 10.5. The third-order valence-corrected chi connectivity index (χ3v) is 6.80. The number of nitriles is 1. The molecule has 2 saturated heterocycles. The van der Waals surface area contributed by atoms with E-state index >= 15 is 0 Å². The van der Waals surface area contributed by atoms with Crippen molar-refractivity contribution in [1.29, 1.82) is 5.26 Å². The Kier molecular flexibility index (Phi) is 4.63. The molecule has 0 bridgehead atoms. The van der Waals surface area contributed by atoms with E-state index < -0.39 is 6.04 Å². The monoisotopic (exact) mass is 404 g/mol. The maximum Gasteiger partial charge on any atom is 0.274 e. The van der Waals surface area contributed by atoms with E-state index in [1.165, 1.54) is 6.20 Å².